The van der Waals surface area contributed by atoms with Gasteiger partial charge in [0.25, 0.3) is 0 Å². The highest BCUT2D eigenvalue weighted by molar-refractivity contribution is 6.74. The van der Waals surface area contributed by atoms with Gasteiger partial charge in [0.1, 0.15) is 11.4 Å². The molecule has 1 amide bonds. The molecule has 0 aliphatic carbocycles. The Balaban J connectivity index is 2.37. The number of hydrogen-bond donors (Lipinski definition) is 2. The van der Waals surface area contributed by atoms with Crippen LogP contribution in [-0.4, -0.2) is 55.1 Å². The summed E-state index contributed by atoms with van der Waals surface area (Å²) in [6.45, 7) is 18.6. The fourth-order valence-electron chi connectivity index (χ4n) is 3.72. The van der Waals surface area contributed by atoms with Gasteiger partial charge in [-0.05, 0) is 81.2 Å². The molecule has 2 aromatic rings. The Kier molecular flexibility index (Phi) is 11.2. The topological polar surface area (TPSA) is 88.1 Å². The number of hydrogen-bond acceptors (Lipinski definition) is 5. The maximum absolute atomic E-state index is 14.4. The van der Waals surface area contributed by atoms with E-state index in [0.717, 1.165) is 5.56 Å². The van der Waals surface area contributed by atoms with Crippen LogP contribution in [0.15, 0.2) is 42.5 Å². The summed E-state index contributed by atoms with van der Waals surface area (Å²) >= 11 is 6.35. The number of ether oxygens (including phenoxy) is 1. The van der Waals surface area contributed by atoms with Gasteiger partial charge in [-0.25, -0.2) is 9.18 Å². The second-order valence-electron chi connectivity index (χ2n) is 12.7. The van der Waals surface area contributed by atoms with Crippen molar-refractivity contribution in [3.8, 4) is 0 Å². The van der Waals surface area contributed by atoms with Crippen LogP contribution >= 0.6 is 11.6 Å². The number of benzene rings is 2. The number of aliphatic carboxylic acids is 1. The van der Waals surface area contributed by atoms with E-state index in [0.29, 0.717) is 17.3 Å². The fourth-order valence-corrected chi connectivity index (χ4v) is 5.20. The quantitative estimate of drug-likeness (QED) is 0.257. The first kappa shape index (κ1) is 33.6. The van der Waals surface area contributed by atoms with Crippen LogP contribution in [0.5, 0.6) is 0 Å². The molecular weight excluding hydrogens is 551 g/mol. The molecule has 2 N–H and O–H groups in total. The zero-order valence-corrected chi connectivity index (χ0v) is 26.9. The third-order valence-electron chi connectivity index (χ3n) is 6.98. The van der Waals surface area contributed by atoms with Crippen molar-refractivity contribution in [2.45, 2.75) is 90.8 Å². The summed E-state index contributed by atoms with van der Waals surface area (Å²) in [5, 5.41) is 12.6. The zero-order chi connectivity index (χ0) is 30.5. The van der Waals surface area contributed by atoms with E-state index in [2.05, 4.69) is 39.2 Å². The van der Waals surface area contributed by atoms with Crippen molar-refractivity contribution in [1.29, 1.82) is 0 Å². The first-order valence-electron chi connectivity index (χ1n) is 13.5. The second-order valence-corrected chi connectivity index (χ2v) is 17.9. The highest BCUT2D eigenvalue weighted by Gasteiger charge is 2.41. The van der Waals surface area contributed by atoms with Crippen LogP contribution in [0.4, 0.5) is 14.9 Å². The van der Waals surface area contributed by atoms with Gasteiger partial charge in [-0.3, -0.25) is 4.79 Å². The number of carbonyl (C=O) groups is 2. The molecule has 0 bridgehead atoms. The van der Waals surface area contributed by atoms with Gasteiger partial charge in [0.2, 0.25) is 0 Å². The lowest BCUT2D eigenvalue weighted by Crippen LogP contribution is -2.49. The first-order chi connectivity index (χ1) is 18.3. The molecule has 0 heterocycles. The molecular formula is C30H44ClFN2O5Si. The van der Waals surface area contributed by atoms with Crippen molar-refractivity contribution >= 4 is 37.7 Å². The SMILES string of the molecule is CC(CNc1ccc(CC(=O)O)c(F)c1)N(CC(O[Si](C)(C)C(C)(C)C)c1cccc(Cl)c1)C(=O)OC(C)(C)C. The number of carboxylic acids is 1. The molecule has 0 saturated carbocycles. The van der Waals surface area contributed by atoms with Crippen LogP contribution in [0.1, 0.15) is 65.7 Å². The number of nitrogens with zero attached hydrogens (tertiary/aromatic N) is 1. The highest BCUT2D eigenvalue weighted by atomic mass is 35.5. The van der Waals surface area contributed by atoms with E-state index in [1.807, 2.05) is 45.9 Å². The molecule has 2 rings (SSSR count). The molecule has 222 valence electrons. The average Bonchev–Trinajstić information content (AvgIpc) is 2.79. The van der Waals surface area contributed by atoms with Crippen LogP contribution < -0.4 is 5.32 Å². The summed E-state index contributed by atoms with van der Waals surface area (Å²) in [6.07, 6.45) is -1.34. The normalized spacial score (nSPS) is 13.9. The molecule has 0 saturated heterocycles. The number of nitrogens with one attached hydrogen (secondary N) is 1. The maximum atomic E-state index is 14.4. The van der Waals surface area contributed by atoms with E-state index >= 15 is 0 Å². The highest BCUT2D eigenvalue weighted by Crippen LogP contribution is 2.40. The Morgan fingerprint density at radius 2 is 1.75 bits per heavy atom. The van der Waals surface area contributed by atoms with E-state index < -0.39 is 44.3 Å². The Morgan fingerprint density at radius 1 is 1.10 bits per heavy atom. The molecule has 40 heavy (non-hydrogen) atoms. The molecule has 0 aromatic heterocycles. The van der Waals surface area contributed by atoms with Gasteiger partial charge in [0.15, 0.2) is 8.32 Å². The summed E-state index contributed by atoms with van der Waals surface area (Å²) in [5.41, 5.74) is 0.736. The Morgan fingerprint density at radius 3 is 2.27 bits per heavy atom. The lowest BCUT2D eigenvalue weighted by molar-refractivity contribution is -0.136. The molecule has 2 aromatic carbocycles. The molecule has 0 aliphatic heterocycles. The zero-order valence-electron chi connectivity index (χ0n) is 25.1. The monoisotopic (exact) mass is 594 g/mol. The summed E-state index contributed by atoms with van der Waals surface area (Å²) < 4.78 is 27.1. The predicted octanol–water partition coefficient (Wildman–Crippen LogP) is 7.91. The molecule has 0 aliphatic rings. The second kappa shape index (κ2) is 13.4. The number of anilines is 1. The lowest BCUT2D eigenvalue weighted by Gasteiger charge is -2.41. The molecule has 7 nitrogen and oxygen atoms in total. The van der Waals surface area contributed by atoms with Crippen molar-refractivity contribution in [2.24, 2.45) is 0 Å². The number of halogens is 2. The molecule has 0 spiro atoms. The minimum Gasteiger partial charge on any atom is -0.481 e. The third-order valence-corrected chi connectivity index (χ3v) is 11.7. The number of carbonyl (C=O) groups excluding carboxylic acids is 1. The summed E-state index contributed by atoms with van der Waals surface area (Å²) in [6, 6.07) is 11.4. The van der Waals surface area contributed by atoms with Crippen molar-refractivity contribution in [3.05, 3.63) is 64.4 Å². The summed E-state index contributed by atoms with van der Waals surface area (Å²) in [4.78, 5) is 26.1. The van der Waals surface area contributed by atoms with Gasteiger partial charge in [-0.15, -0.1) is 0 Å². The summed E-state index contributed by atoms with van der Waals surface area (Å²) in [5.74, 6) is -1.71. The standard InChI is InChI=1S/C30H44ClFN2O5Si/c1-20(18-33-24-14-13-21(16-27(35)36)25(32)17-24)34(28(37)38-29(2,3)4)19-26(22-11-10-12-23(31)15-22)39-40(8,9)30(5,6)7/h10-15,17,20,26,33H,16,18-19H2,1-9H3,(H,35,36). The molecule has 0 fully saturated rings. The number of amides is 1. The first-order valence-corrected chi connectivity index (χ1v) is 16.7. The van der Waals surface area contributed by atoms with Crippen LogP contribution in [0.3, 0.4) is 0 Å². The van der Waals surface area contributed by atoms with Crippen LogP contribution in [0.25, 0.3) is 0 Å². The van der Waals surface area contributed by atoms with Crippen molar-refractivity contribution in [3.63, 3.8) is 0 Å². The van der Waals surface area contributed by atoms with E-state index in [-0.39, 0.29) is 23.2 Å². The molecule has 10 heteroatoms. The van der Waals surface area contributed by atoms with Crippen LogP contribution in [0, 0.1) is 5.82 Å². The number of rotatable bonds is 11. The van der Waals surface area contributed by atoms with E-state index in [1.54, 1.807) is 17.0 Å². The smallest absolute Gasteiger partial charge is 0.410 e. The van der Waals surface area contributed by atoms with Gasteiger partial charge in [0, 0.05) is 23.3 Å². The Bertz CT molecular complexity index is 1180. The van der Waals surface area contributed by atoms with Gasteiger partial charge < -0.3 is 24.5 Å². The average molecular weight is 595 g/mol. The Hall–Kier alpha value is -2.62. The molecule has 2 unspecified atom stereocenters. The van der Waals surface area contributed by atoms with Crippen molar-refractivity contribution in [1.82, 2.24) is 4.90 Å². The van der Waals surface area contributed by atoms with Gasteiger partial charge >= 0.3 is 12.1 Å². The van der Waals surface area contributed by atoms with Crippen LogP contribution in [0.2, 0.25) is 23.2 Å². The minimum absolute atomic E-state index is 0.0649. The Labute approximate surface area is 244 Å². The van der Waals surface area contributed by atoms with E-state index in [9.17, 15) is 14.0 Å². The van der Waals surface area contributed by atoms with E-state index in [4.69, 9.17) is 25.9 Å². The van der Waals surface area contributed by atoms with Crippen LogP contribution in [-0.2, 0) is 20.4 Å². The molecule has 2 atom stereocenters. The summed E-state index contributed by atoms with van der Waals surface area (Å²) in [7, 11) is -2.27. The fraction of sp³-hybridized carbons (Fsp3) is 0.533. The van der Waals surface area contributed by atoms with Gasteiger partial charge in [0.05, 0.1) is 19.1 Å². The van der Waals surface area contributed by atoms with Gasteiger partial charge in [-0.1, -0.05) is 50.6 Å². The lowest BCUT2D eigenvalue weighted by atomic mass is 10.1. The predicted molar refractivity (Wildman–Crippen MR) is 161 cm³/mol. The van der Waals surface area contributed by atoms with Gasteiger partial charge in [-0.2, -0.15) is 0 Å². The largest absolute Gasteiger partial charge is 0.481 e. The van der Waals surface area contributed by atoms with Crippen molar-refractivity contribution < 1.29 is 28.2 Å². The van der Waals surface area contributed by atoms with Crippen molar-refractivity contribution in [2.75, 3.05) is 18.4 Å². The van der Waals surface area contributed by atoms with E-state index in [1.165, 1.54) is 12.1 Å². The molecule has 0 radical (unpaired) electrons. The maximum Gasteiger partial charge on any atom is 0.410 e. The minimum atomic E-state index is -2.27. The third kappa shape index (κ3) is 10.1. The number of carboxylic acid groups (broad SMARTS) is 1.